The molecule has 2 aromatic rings. The van der Waals surface area contributed by atoms with Crippen LogP contribution in [0, 0.1) is 0 Å². The number of fused-ring (bicyclic) bond motifs is 1. The molecular weight excluding hydrogens is 242 g/mol. The van der Waals surface area contributed by atoms with Gasteiger partial charge in [0.15, 0.2) is 0 Å². The van der Waals surface area contributed by atoms with E-state index in [-0.39, 0.29) is 0 Å². The third-order valence-electron chi connectivity index (χ3n) is 3.88. The summed E-state index contributed by atoms with van der Waals surface area (Å²) in [7, 11) is 0. The highest BCUT2D eigenvalue weighted by atomic mass is 14.7. The fraction of sp³-hybridized carbons (Fsp3) is 0.474. The number of benzene rings is 1. The van der Waals surface area contributed by atoms with Gasteiger partial charge < -0.3 is 4.98 Å². The van der Waals surface area contributed by atoms with Gasteiger partial charge in [0.05, 0.1) is 0 Å². The maximum Gasteiger partial charge on any atom is 0.0459 e. The Kier molecular flexibility index (Phi) is 5.91. The molecule has 0 saturated heterocycles. The second kappa shape index (κ2) is 7.94. The Morgan fingerprint density at radius 3 is 2.65 bits per heavy atom. The number of H-pyrrole nitrogens is 1. The van der Waals surface area contributed by atoms with Crippen LogP contribution in [0.25, 0.3) is 10.9 Å². The number of unbranched alkanes of at least 4 members (excludes halogenated alkanes) is 3. The molecule has 0 atom stereocenters. The number of hydrogen-bond acceptors (Lipinski definition) is 0. The van der Waals surface area contributed by atoms with Gasteiger partial charge in [-0.3, -0.25) is 0 Å². The van der Waals surface area contributed by atoms with Crippen molar-refractivity contribution in [2.24, 2.45) is 0 Å². The Balaban J connectivity index is 2.20. The first kappa shape index (κ1) is 14.9. The third kappa shape index (κ3) is 3.75. The van der Waals surface area contributed by atoms with Crippen LogP contribution >= 0.6 is 0 Å². The van der Waals surface area contributed by atoms with Crippen molar-refractivity contribution in [3.05, 3.63) is 47.7 Å². The van der Waals surface area contributed by atoms with Crippen LogP contribution in [0.1, 0.15) is 57.2 Å². The number of nitrogens with one attached hydrogen (secondary N) is 1. The minimum atomic E-state index is 1.06. The van der Waals surface area contributed by atoms with E-state index in [1.807, 2.05) is 0 Å². The van der Waals surface area contributed by atoms with Crippen LogP contribution in [0.4, 0.5) is 0 Å². The predicted octanol–water partition coefficient (Wildman–Crippen LogP) is 5.80. The van der Waals surface area contributed by atoms with Crippen molar-refractivity contribution < 1.29 is 0 Å². The number of rotatable bonds is 8. The molecule has 0 aliphatic heterocycles. The summed E-state index contributed by atoms with van der Waals surface area (Å²) in [6.45, 7) is 4.49. The summed E-state index contributed by atoms with van der Waals surface area (Å²) in [5, 5.41) is 1.40. The van der Waals surface area contributed by atoms with Gasteiger partial charge in [-0.05, 0) is 37.3 Å². The van der Waals surface area contributed by atoms with Gasteiger partial charge in [0.1, 0.15) is 0 Å². The van der Waals surface area contributed by atoms with Crippen LogP contribution in [0.5, 0.6) is 0 Å². The summed E-state index contributed by atoms with van der Waals surface area (Å²) in [5.74, 6) is 0. The Labute approximate surface area is 123 Å². The molecule has 1 nitrogen and oxygen atoms in total. The minimum absolute atomic E-state index is 1.06. The van der Waals surface area contributed by atoms with E-state index >= 15 is 0 Å². The molecule has 0 amide bonds. The predicted molar refractivity (Wildman–Crippen MR) is 89.3 cm³/mol. The summed E-state index contributed by atoms with van der Waals surface area (Å²) >= 11 is 0. The van der Waals surface area contributed by atoms with Crippen LogP contribution in [0.3, 0.4) is 0 Å². The first-order valence-electron chi connectivity index (χ1n) is 8.10. The highest BCUT2D eigenvalue weighted by Crippen LogP contribution is 2.24. The number of aromatic amines is 1. The molecule has 0 radical (unpaired) electrons. The van der Waals surface area contributed by atoms with E-state index < -0.39 is 0 Å². The average molecular weight is 269 g/mol. The van der Waals surface area contributed by atoms with Gasteiger partial charge in [-0.1, -0.05) is 63.5 Å². The second-order valence-electron chi connectivity index (χ2n) is 5.55. The number of aromatic nitrogens is 1. The molecule has 0 unspecified atom stereocenters. The lowest BCUT2D eigenvalue weighted by atomic mass is 10.0. The molecule has 108 valence electrons. The van der Waals surface area contributed by atoms with Gasteiger partial charge in [-0.15, -0.1) is 0 Å². The zero-order valence-corrected chi connectivity index (χ0v) is 12.9. The summed E-state index contributed by atoms with van der Waals surface area (Å²) in [5.41, 5.74) is 4.24. The average Bonchev–Trinajstić information content (AvgIpc) is 2.82. The maximum absolute atomic E-state index is 3.63. The summed E-state index contributed by atoms with van der Waals surface area (Å²) < 4.78 is 0. The first-order chi connectivity index (χ1) is 9.86. The molecule has 0 bridgehead atoms. The third-order valence-corrected chi connectivity index (χ3v) is 3.88. The highest BCUT2D eigenvalue weighted by Gasteiger charge is 2.09. The number of aryl methyl sites for hydroxylation is 1. The van der Waals surface area contributed by atoms with Gasteiger partial charge in [-0.2, -0.15) is 0 Å². The molecule has 0 fully saturated rings. The molecule has 1 heteroatoms. The Hall–Kier alpha value is -1.50. The fourth-order valence-corrected chi connectivity index (χ4v) is 2.74. The molecule has 0 aliphatic rings. The lowest BCUT2D eigenvalue weighted by Gasteiger charge is -2.02. The minimum Gasteiger partial charge on any atom is -0.358 e. The topological polar surface area (TPSA) is 15.8 Å². The van der Waals surface area contributed by atoms with Gasteiger partial charge >= 0.3 is 0 Å². The number of hydrogen-bond donors (Lipinski definition) is 1. The van der Waals surface area contributed by atoms with Crippen molar-refractivity contribution >= 4 is 10.9 Å². The zero-order valence-electron chi connectivity index (χ0n) is 12.9. The van der Waals surface area contributed by atoms with Crippen molar-refractivity contribution in [3.63, 3.8) is 0 Å². The smallest absolute Gasteiger partial charge is 0.0459 e. The van der Waals surface area contributed by atoms with Crippen LogP contribution in [-0.2, 0) is 12.8 Å². The van der Waals surface area contributed by atoms with E-state index in [4.69, 9.17) is 0 Å². The molecule has 0 aliphatic carbocycles. The first-order valence-corrected chi connectivity index (χ1v) is 8.10. The van der Waals surface area contributed by atoms with Crippen molar-refractivity contribution in [1.29, 1.82) is 0 Å². The molecule has 0 spiro atoms. The molecular formula is C19H27N. The molecule has 1 aromatic carbocycles. The number of allylic oxidation sites excluding steroid dienone is 2. The molecule has 1 heterocycles. The van der Waals surface area contributed by atoms with E-state index in [2.05, 4.69) is 55.2 Å². The van der Waals surface area contributed by atoms with Crippen molar-refractivity contribution in [1.82, 2.24) is 4.98 Å². The molecule has 1 N–H and O–H groups in total. The molecule has 20 heavy (non-hydrogen) atoms. The normalized spacial score (nSPS) is 11.7. The quantitative estimate of drug-likeness (QED) is 0.460. The number of para-hydroxylation sites is 1. The molecule has 0 saturated carbocycles. The Bertz CT molecular complexity index is 548. The van der Waals surface area contributed by atoms with E-state index in [1.165, 1.54) is 60.7 Å². The molecule has 2 rings (SSSR count). The monoisotopic (exact) mass is 269 g/mol. The van der Waals surface area contributed by atoms with E-state index in [1.54, 1.807) is 0 Å². The van der Waals surface area contributed by atoms with Gasteiger partial charge in [0.2, 0.25) is 0 Å². The van der Waals surface area contributed by atoms with E-state index in [0.717, 1.165) is 6.42 Å². The Morgan fingerprint density at radius 1 is 1.00 bits per heavy atom. The van der Waals surface area contributed by atoms with Gasteiger partial charge in [-0.25, -0.2) is 0 Å². The van der Waals surface area contributed by atoms with E-state index in [9.17, 15) is 0 Å². The van der Waals surface area contributed by atoms with Crippen molar-refractivity contribution in [2.75, 3.05) is 0 Å². The van der Waals surface area contributed by atoms with Crippen LogP contribution in [-0.4, -0.2) is 4.98 Å². The van der Waals surface area contributed by atoms with Crippen LogP contribution < -0.4 is 0 Å². The van der Waals surface area contributed by atoms with Gasteiger partial charge in [0, 0.05) is 16.6 Å². The molecule has 1 aromatic heterocycles. The highest BCUT2D eigenvalue weighted by molar-refractivity contribution is 5.84. The second-order valence-corrected chi connectivity index (χ2v) is 5.55. The maximum atomic E-state index is 3.63. The Morgan fingerprint density at radius 2 is 1.85 bits per heavy atom. The van der Waals surface area contributed by atoms with Crippen molar-refractivity contribution in [2.45, 2.75) is 58.8 Å². The van der Waals surface area contributed by atoms with E-state index in [0.29, 0.717) is 0 Å². The lowest BCUT2D eigenvalue weighted by molar-refractivity contribution is 0.707. The largest absolute Gasteiger partial charge is 0.358 e. The summed E-state index contributed by atoms with van der Waals surface area (Å²) in [4.78, 5) is 3.63. The summed E-state index contributed by atoms with van der Waals surface area (Å²) in [6, 6.07) is 8.70. The van der Waals surface area contributed by atoms with Crippen molar-refractivity contribution in [3.8, 4) is 0 Å². The SMILES string of the molecule is CCCC=CCc1c(CCCCC)[nH]c2ccccc12. The fourth-order valence-electron chi connectivity index (χ4n) is 2.74. The van der Waals surface area contributed by atoms with Crippen LogP contribution in [0.15, 0.2) is 36.4 Å². The standard InChI is InChI=1S/C19H27N/c1-3-5-7-9-12-16-17-13-10-11-15-19(17)20-18(16)14-8-6-4-2/h7,9-11,13,15,20H,3-6,8,12,14H2,1-2H3. The summed E-state index contributed by atoms with van der Waals surface area (Å²) in [6.07, 6.45) is 13.2. The van der Waals surface area contributed by atoms with Crippen LogP contribution in [0.2, 0.25) is 0 Å². The zero-order chi connectivity index (χ0) is 14.2. The van der Waals surface area contributed by atoms with Gasteiger partial charge in [0.25, 0.3) is 0 Å². The lowest BCUT2D eigenvalue weighted by Crippen LogP contribution is -1.91.